The van der Waals surface area contributed by atoms with Crippen LogP contribution in [0.5, 0.6) is 0 Å². The van der Waals surface area contributed by atoms with Crippen LogP contribution in [0.4, 0.5) is 0 Å². The molecular weight excluding hydrogens is 198 g/mol. The molecule has 0 saturated heterocycles. The minimum atomic E-state index is 0.855. The summed E-state index contributed by atoms with van der Waals surface area (Å²) in [6.45, 7) is 2.27. The summed E-state index contributed by atoms with van der Waals surface area (Å²) in [5.41, 5.74) is 0. The molecule has 0 saturated carbocycles. The molecule has 0 amide bonds. The van der Waals surface area contributed by atoms with E-state index >= 15 is 0 Å². The number of aromatic nitrogens is 2. The maximum atomic E-state index is 4.21. The first kappa shape index (κ1) is 11.4. The monoisotopic (exact) mass is 219 g/mol. The van der Waals surface area contributed by atoms with Gasteiger partial charge < -0.3 is 10.3 Å². The van der Waals surface area contributed by atoms with Gasteiger partial charge in [-0.15, -0.1) is 0 Å². The lowest BCUT2D eigenvalue weighted by atomic mass is 9.94. The van der Waals surface area contributed by atoms with E-state index in [4.69, 9.17) is 0 Å². The van der Waals surface area contributed by atoms with E-state index in [2.05, 4.69) is 27.4 Å². The van der Waals surface area contributed by atoms with Gasteiger partial charge in [0.2, 0.25) is 0 Å². The van der Waals surface area contributed by atoms with Crippen LogP contribution >= 0.6 is 0 Å². The SMILES string of the molecule is C1=CCC(CNCCCc2ncc[nH]2)CC1. The Morgan fingerprint density at radius 2 is 2.44 bits per heavy atom. The number of aromatic amines is 1. The third-order valence-corrected chi connectivity index (χ3v) is 3.13. The van der Waals surface area contributed by atoms with Crippen molar-refractivity contribution in [3.05, 3.63) is 30.4 Å². The maximum absolute atomic E-state index is 4.21. The number of H-pyrrole nitrogens is 1. The fraction of sp³-hybridized carbons (Fsp3) is 0.615. The normalized spacial score (nSPS) is 20.1. The highest BCUT2D eigenvalue weighted by molar-refractivity contribution is 4.90. The first-order valence-corrected chi connectivity index (χ1v) is 6.29. The van der Waals surface area contributed by atoms with Gasteiger partial charge in [0, 0.05) is 18.8 Å². The Kier molecular flexibility index (Phi) is 4.62. The van der Waals surface area contributed by atoms with Crippen LogP contribution < -0.4 is 5.32 Å². The number of allylic oxidation sites excluding steroid dienone is 2. The van der Waals surface area contributed by atoms with Crippen molar-refractivity contribution in [3.63, 3.8) is 0 Å². The molecule has 2 N–H and O–H groups in total. The molecule has 1 aromatic heterocycles. The molecule has 1 unspecified atom stereocenters. The molecule has 1 aliphatic carbocycles. The molecule has 0 aromatic carbocycles. The van der Waals surface area contributed by atoms with Crippen molar-refractivity contribution in [2.75, 3.05) is 13.1 Å². The van der Waals surface area contributed by atoms with Crippen LogP contribution in [0, 0.1) is 5.92 Å². The number of rotatable bonds is 6. The lowest BCUT2D eigenvalue weighted by Crippen LogP contribution is -2.24. The first-order chi connectivity index (χ1) is 7.95. The summed E-state index contributed by atoms with van der Waals surface area (Å²) in [6, 6.07) is 0. The minimum absolute atomic E-state index is 0.855. The molecule has 0 radical (unpaired) electrons. The van der Waals surface area contributed by atoms with Gasteiger partial charge >= 0.3 is 0 Å². The summed E-state index contributed by atoms with van der Waals surface area (Å²) in [6.07, 6.45) is 14.4. The standard InChI is InChI=1S/C13H21N3/c1-2-5-12(6-3-1)11-14-8-4-7-13-15-9-10-16-13/h1-2,9-10,12,14H,3-8,11H2,(H,15,16). The lowest BCUT2D eigenvalue weighted by Gasteiger charge is -2.17. The van der Waals surface area contributed by atoms with Crippen LogP contribution in [0.3, 0.4) is 0 Å². The average molecular weight is 219 g/mol. The van der Waals surface area contributed by atoms with E-state index in [-0.39, 0.29) is 0 Å². The molecule has 1 aromatic rings. The Balaban J connectivity index is 1.50. The van der Waals surface area contributed by atoms with Crippen molar-refractivity contribution in [2.24, 2.45) is 5.92 Å². The zero-order valence-corrected chi connectivity index (χ0v) is 9.78. The third kappa shape index (κ3) is 3.81. The quantitative estimate of drug-likeness (QED) is 0.569. The van der Waals surface area contributed by atoms with Gasteiger partial charge in [0.1, 0.15) is 5.82 Å². The number of nitrogens with one attached hydrogen (secondary N) is 2. The molecule has 0 bridgehead atoms. The van der Waals surface area contributed by atoms with E-state index < -0.39 is 0 Å². The molecule has 88 valence electrons. The van der Waals surface area contributed by atoms with Crippen LogP contribution in [0.15, 0.2) is 24.5 Å². The van der Waals surface area contributed by atoms with Crippen molar-refractivity contribution >= 4 is 0 Å². The van der Waals surface area contributed by atoms with Gasteiger partial charge in [-0.3, -0.25) is 0 Å². The molecule has 16 heavy (non-hydrogen) atoms. The molecule has 0 aliphatic heterocycles. The van der Waals surface area contributed by atoms with E-state index in [9.17, 15) is 0 Å². The van der Waals surface area contributed by atoms with Crippen LogP contribution in [-0.2, 0) is 6.42 Å². The highest BCUT2D eigenvalue weighted by Gasteiger charge is 2.08. The summed E-state index contributed by atoms with van der Waals surface area (Å²) in [5.74, 6) is 1.95. The predicted octanol–water partition coefficient (Wildman–Crippen LogP) is 2.29. The van der Waals surface area contributed by atoms with Crippen LogP contribution in [0.1, 0.15) is 31.5 Å². The van der Waals surface area contributed by atoms with Crippen molar-refractivity contribution in [1.29, 1.82) is 0 Å². The molecule has 0 spiro atoms. The predicted molar refractivity (Wildman–Crippen MR) is 66.3 cm³/mol. The van der Waals surface area contributed by atoms with Crippen molar-refractivity contribution in [1.82, 2.24) is 15.3 Å². The summed E-state index contributed by atoms with van der Waals surface area (Å²) in [4.78, 5) is 7.34. The van der Waals surface area contributed by atoms with Crippen molar-refractivity contribution in [2.45, 2.75) is 32.1 Å². The highest BCUT2D eigenvalue weighted by Crippen LogP contribution is 2.16. The lowest BCUT2D eigenvalue weighted by molar-refractivity contribution is 0.439. The minimum Gasteiger partial charge on any atom is -0.349 e. The molecule has 0 fully saturated rings. The zero-order chi connectivity index (χ0) is 11.1. The topological polar surface area (TPSA) is 40.7 Å². The van der Waals surface area contributed by atoms with Crippen molar-refractivity contribution < 1.29 is 0 Å². The maximum Gasteiger partial charge on any atom is 0.106 e. The van der Waals surface area contributed by atoms with Gasteiger partial charge in [-0.2, -0.15) is 0 Å². The van der Waals surface area contributed by atoms with E-state index in [0.29, 0.717) is 0 Å². The zero-order valence-electron chi connectivity index (χ0n) is 9.78. The number of imidazole rings is 1. The molecule has 2 rings (SSSR count). The Morgan fingerprint density at radius 3 is 3.19 bits per heavy atom. The molecule has 3 heteroatoms. The molecule has 1 heterocycles. The number of nitrogens with zero attached hydrogens (tertiary/aromatic N) is 1. The summed E-state index contributed by atoms with van der Waals surface area (Å²) < 4.78 is 0. The van der Waals surface area contributed by atoms with Gasteiger partial charge in [-0.1, -0.05) is 12.2 Å². The Labute approximate surface area is 97.4 Å². The Morgan fingerprint density at radius 1 is 1.44 bits per heavy atom. The Bertz CT molecular complexity index is 303. The second-order valence-corrected chi connectivity index (χ2v) is 4.49. The molecular formula is C13H21N3. The average Bonchev–Trinajstić information content (AvgIpc) is 2.83. The van der Waals surface area contributed by atoms with Crippen LogP contribution in [-0.4, -0.2) is 23.1 Å². The summed E-state index contributed by atoms with van der Waals surface area (Å²) in [7, 11) is 0. The van der Waals surface area contributed by atoms with Gasteiger partial charge in [0.05, 0.1) is 0 Å². The summed E-state index contributed by atoms with van der Waals surface area (Å²) in [5, 5.41) is 3.54. The van der Waals surface area contributed by atoms with Crippen molar-refractivity contribution in [3.8, 4) is 0 Å². The van der Waals surface area contributed by atoms with E-state index in [1.54, 1.807) is 0 Å². The smallest absolute Gasteiger partial charge is 0.106 e. The van der Waals surface area contributed by atoms with Crippen LogP contribution in [0.2, 0.25) is 0 Å². The largest absolute Gasteiger partial charge is 0.349 e. The second kappa shape index (κ2) is 6.48. The fourth-order valence-corrected chi connectivity index (χ4v) is 2.16. The van der Waals surface area contributed by atoms with Crippen LogP contribution in [0.25, 0.3) is 0 Å². The molecule has 1 atom stereocenters. The third-order valence-electron chi connectivity index (χ3n) is 3.13. The van der Waals surface area contributed by atoms with E-state index in [0.717, 1.165) is 31.1 Å². The second-order valence-electron chi connectivity index (χ2n) is 4.49. The number of aryl methyl sites for hydroxylation is 1. The van der Waals surface area contributed by atoms with E-state index in [1.807, 2.05) is 12.4 Å². The fourth-order valence-electron chi connectivity index (χ4n) is 2.16. The molecule has 3 nitrogen and oxygen atoms in total. The first-order valence-electron chi connectivity index (χ1n) is 6.29. The van der Waals surface area contributed by atoms with Gasteiger partial charge in [-0.05, 0) is 44.7 Å². The van der Waals surface area contributed by atoms with E-state index in [1.165, 1.54) is 25.8 Å². The number of hydrogen-bond donors (Lipinski definition) is 2. The molecule has 1 aliphatic rings. The number of hydrogen-bond acceptors (Lipinski definition) is 2. The highest BCUT2D eigenvalue weighted by atomic mass is 14.9. The van der Waals surface area contributed by atoms with Gasteiger partial charge in [-0.25, -0.2) is 4.98 Å². The van der Waals surface area contributed by atoms with Gasteiger partial charge in [0.15, 0.2) is 0 Å². The summed E-state index contributed by atoms with van der Waals surface area (Å²) >= 11 is 0. The van der Waals surface area contributed by atoms with Gasteiger partial charge in [0.25, 0.3) is 0 Å². The Hall–Kier alpha value is -1.09.